The van der Waals surface area contributed by atoms with E-state index in [2.05, 4.69) is 17.3 Å². The number of hydrogen-bond acceptors (Lipinski definition) is 4. The van der Waals surface area contributed by atoms with E-state index in [1.165, 1.54) is 5.56 Å². The molecular weight excluding hydrogens is 320 g/mol. The smallest absolute Gasteiger partial charge is 0.222 e. The van der Waals surface area contributed by atoms with Gasteiger partial charge >= 0.3 is 0 Å². The fraction of sp³-hybridized carbons (Fsp3) is 0.722. The van der Waals surface area contributed by atoms with E-state index in [-0.39, 0.29) is 18.2 Å². The Bertz CT molecular complexity index is 641. The van der Waals surface area contributed by atoms with Crippen molar-refractivity contribution in [1.82, 2.24) is 20.0 Å². The molecule has 7 nitrogen and oxygen atoms in total. The molecule has 1 saturated heterocycles. The number of aromatic nitrogens is 2. The normalized spacial score (nSPS) is 20.1. The maximum atomic E-state index is 12.5. The number of amides is 2. The summed E-state index contributed by atoms with van der Waals surface area (Å²) in [5.41, 5.74) is 2.82. The summed E-state index contributed by atoms with van der Waals surface area (Å²) in [4.78, 5) is 26.2. The van der Waals surface area contributed by atoms with E-state index in [4.69, 9.17) is 4.74 Å². The van der Waals surface area contributed by atoms with Crippen molar-refractivity contribution >= 4 is 11.8 Å². The second kappa shape index (κ2) is 7.99. The van der Waals surface area contributed by atoms with Crippen molar-refractivity contribution in [1.29, 1.82) is 0 Å². The molecule has 0 aromatic carbocycles. The molecule has 25 heavy (non-hydrogen) atoms. The highest BCUT2D eigenvalue weighted by atomic mass is 16.5. The predicted octanol–water partition coefficient (Wildman–Crippen LogP) is 1.34. The average Bonchev–Trinajstić information content (AvgIpc) is 3.05. The average molecular weight is 350 g/mol. The van der Waals surface area contributed by atoms with Crippen LogP contribution in [0.25, 0.3) is 0 Å². The van der Waals surface area contributed by atoms with Gasteiger partial charge in [-0.25, -0.2) is 0 Å². The molecule has 2 amide bonds. The van der Waals surface area contributed by atoms with Gasteiger partial charge in [-0.05, 0) is 39.2 Å². The van der Waals surface area contributed by atoms with Crippen LogP contribution < -0.4 is 5.32 Å². The summed E-state index contributed by atoms with van der Waals surface area (Å²) in [6.45, 7) is 9.86. The minimum atomic E-state index is -0.514. The van der Waals surface area contributed by atoms with E-state index in [1.54, 1.807) is 18.9 Å². The Morgan fingerprint density at radius 1 is 1.32 bits per heavy atom. The fourth-order valence-electron chi connectivity index (χ4n) is 3.75. The number of aryl methyl sites for hydroxylation is 1. The van der Waals surface area contributed by atoms with Gasteiger partial charge in [0.2, 0.25) is 11.8 Å². The highest BCUT2D eigenvalue weighted by molar-refractivity contribution is 5.80. The number of likely N-dealkylation sites (tertiary alicyclic amines) is 1. The van der Waals surface area contributed by atoms with E-state index in [0.717, 1.165) is 24.2 Å². The number of rotatable bonds is 7. The summed E-state index contributed by atoms with van der Waals surface area (Å²) in [6.07, 6.45) is 1.97. The van der Waals surface area contributed by atoms with Gasteiger partial charge in [0, 0.05) is 32.8 Å². The van der Waals surface area contributed by atoms with Gasteiger partial charge in [0.15, 0.2) is 0 Å². The summed E-state index contributed by atoms with van der Waals surface area (Å²) in [6, 6.07) is 0. The van der Waals surface area contributed by atoms with Gasteiger partial charge in [-0.15, -0.1) is 0 Å². The number of carbonyl (C=O) groups is 2. The third-order valence-electron chi connectivity index (χ3n) is 5.27. The first-order chi connectivity index (χ1) is 11.8. The molecule has 1 unspecified atom stereocenters. The number of methoxy groups -OCH3 is 1. The maximum absolute atomic E-state index is 12.5. The third-order valence-corrected chi connectivity index (χ3v) is 5.27. The molecule has 1 aliphatic rings. The maximum Gasteiger partial charge on any atom is 0.222 e. The summed E-state index contributed by atoms with van der Waals surface area (Å²) in [5, 5.41) is 7.44. The quantitative estimate of drug-likeness (QED) is 0.805. The van der Waals surface area contributed by atoms with Crippen molar-refractivity contribution in [2.75, 3.05) is 26.8 Å². The predicted molar refractivity (Wildman–Crippen MR) is 95.3 cm³/mol. The van der Waals surface area contributed by atoms with Gasteiger partial charge in [-0.3, -0.25) is 14.3 Å². The SMILES string of the molecule is COCC1(CC(=O)NCCn2nc(C)c(C)c2C)CCCN1C(C)=O. The van der Waals surface area contributed by atoms with Gasteiger partial charge in [0.1, 0.15) is 0 Å². The van der Waals surface area contributed by atoms with E-state index in [9.17, 15) is 9.59 Å². The van der Waals surface area contributed by atoms with Crippen LogP contribution in [0.4, 0.5) is 0 Å². The lowest BCUT2D eigenvalue weighted by molar-refractivity contribution is -0.137. The summed E-state index contributed by atoms with van der Waals surface area (Å²) < 4.78 is 7.25. The molecule has 0 spiro atoms. The monoisotopic (exact) mass is 350 g/mol. The van der Waals surface area contributed by atoms with Crippen molar-refractivity contribution in [3.8, 4) is 0 Å². The first-order valence-electron chi connectivity index (χ1n) is 8.85. The number of hydrogen-bond donors (Lipinski definition) is 1. The molecule has 140 valence electrons. The van der Waals surface area contributed by atoms with Crippen LogP contribution in [0.1, 0.15) is 43.1 Å². The summed E-state index contributed by atoms with van der Waals surface area (Å²) in [7, 11) is 1.61. The van der Waals surface area contributed by atoms with Gasteiger partial charge in [-0.2, -0.15) is 5.10 Å². The third kappa shape index (κ3) is 4.21. The highest BCUT2D eigenvalue weighted by Crippen LogP contribution is 2.33. The molecule has 0 aliphatic carbocycles. The molecule has 2 rings (SSSR count). The van der Waals surface area contributed by atoms with Crippen molar-refractivity contribution in [2.24, 2.45) is 0 Å². The van der Waals surface area contributed by atoms with Crippen LogP contribution in [0.5, 0.6) is 0 Å². The van der Waals surface area contributed by atoms with E-state index >= 15 is 0 Å². The molecule has 0 saturated carbocycles. The Balaban J connectivity index is 1.93. The first kappa shape index (κ1) is 19.4. The topological polar surface area (TPSA) is 76.5 Å². The molecule has 1 aromatic rings. The van der Waals surface area contributed by atoms with Crippen molar-refractivity contribution in [3.63, 3.8) is 0 Å². The Hall–Kier alpha value is -1.89. The van der Waals surface area contributed by atoms with Crippen LogP contribution >= 0.6 is 0 Å². The summed E-state index contributed by atoms with van der Waals surface area (Å²) in [5.74, 6) is -0.0519. The van der Waals surface area contributed by atoms with Crippen LogP contribution in [0.2, 0.25) is 0 Å². The Kier molecular flexibility index (Phi) is 6.21. The molecule has 1 atom stereocenters. The van der Waals surface area contributed by atoms with Crippen molar-refractivity contribution in [3.05, 3.63) is 17.0 Å². The van der Waals surface area contributed by atoms with Crippen molar-refractivity contribution < 1.29 is 14.3 Å². The lowest BCUT2D eigenvalue weighted by Gasteiger charge is -2.37. The second-order valence-electron chi connectivity index (χ2n) is 6.98. The van der Waals surface area contributed by atoms with Crippen LogP contribution in [-0.2, 0) is 20.9 Å². The zero-order valence-corrected chi connectivity index (χ0v) is 16.0. The van der Waals surface area contributed by atoms with E-state index < -0.39 is 5.54 Å². The zero-order valence-electron chi connectivity index (χ0n) is 16.0. The molecule has 0 radical (unpaired) electrons. The van der Waals surface area contributed by atoms with Crippen molar-refractivity contribution in [2.45, 2.75) is 59.0 Å². The molecular formula is C18H30N4O3. The van der Waals surface area contributed by atoms with Crippen LogP contribution in [0.15, 0.2) is 0 Å². The zero-order chi connectivity index (χ0) is 18.6. The second-order valence-corrected chi connectivity index (χ2v) is 6.98. The molecule has 2 heterocycles. The number of nitrogens with one attached hydrogen (secondary N) is 1. The number of ether oxygens (including phenoxy) is 1. The van der Waals surface area contributed by atoms with Gasteiger partial charge in [0.25, 0.3) is 0 Å². The van der Waals surface area contributed by atoms with Gasteiger partial charge < -0.3 is 15.0 Å². The van der Waals surface area contributed by atoms with E-state index in [1.807, 2.05) is 18.5 Å². The Morgan fingerprint density at radius 3 is 2.60 bits per heavy atom. The minimum Gasteiger partial charge on any atom is -0.382 e. The lowest BCUT2D eigenvalue weighted by atomic mass is 9.92. The molecule has 7 heteroatoms. The number of carbonyl (C=O) groups excluding carboxylic acids is 2. The Labute approximate surface area is 149 Å². The van der Waals surface area contributed by atoms with Crippen LogP contribution in [0.3, 0.4) is 0 Å². The first-order valence-corrected chi connectivity index (χ1v) is 8.85. The molecule has 1 N–H and O–H groups in total. The molecule has 0 bridgehead atoms. The highest BCUT2D eigenvalue weighted by Gasteiger charge is 2.44. The van der Waals surface area contributed by atoms with Gasteiger partial charge in [-0.1, -0.05) is 0 Å². The molecule has 1 aliphatic heterocycles. The largest absolute Gasteiger partial charge is 0.382 e. The Morgan fingerprint density at radius 2 is 2.04 bits per heavy atom. The molecule has 1 aromatic heterocycles. The number of nitrogens with zero attached hydrogens (tertiary/aromatic N) is 3. The molecule has 1 fully saturated rings. The lowest BCUT2D eigenvalue weighted by Crippen LogP contribution is -2.52. The fourth-order valence-corrected chi connectivity index (χ4v) is 3.75. The minimum absolute atomic E-state index is 0.000432. The van der Waals surface area contributed by atoms with E-state index in [0.29, 0.717) is 26.2 Å². The standard InChI is InChI=1S/C18H30N4O3/c1-13-14(2)20-22(15(13)3)10-8-19-17(24)11-18(12-25-5)7-6-9-21(18)16(4)23/h6-12H2,1-5H3,(H,19,24). The van der Waals surface area contributed by atoms with Crippen LogP contribution in [0, 0.1) is 20.8 Å². The van der Waals surface area contributed by atoms with Gasteiger partial charge in [0.05, 0.1) is 30.8 Å². The summed E-state index contributed by atoms with van der Waals surface area (Å²) >= 11 is 0. The van der Waals surface area contributed by atoms with Crippen LogP contribution in [-0.4, -0.2) is 58.8 Å².